The van der Waals surface area contributed by atoms with Crippen LogP contribution >= 0.6 is 0 Å². The van der Waals surface area contributed by atoms with Crippen LogP contribution in [0.15, 0.2) is 42.5 Å². The standard InChI is InChI=1S/C21H24N2O/c1-13(2)10-20-18(12-22)21(15-6-4-14(3)5-7-15)17-11-16(24)8-9-19(17)23-20/h4-9,11,13,24H,10,12,22H2,1-3H3. The molecule has 0 atom stereocenters. The molecular formula is C21H24N2O. The van der Waals surface area contributed by atoms with Crippen LogP contribution in [0.3, 0.4) is 0 Å². The molecule has 0 aliphatic carbocycles. The fraction of sp³-hybridized carbons (Fsp3) is 0.286. The van der Waals surface area contributed by atoms with Crippen molar-refractivity contribution in [2.75, 3.05) is 0 Å². The predicted octanol–water partition coefficient (Wildman–Crippen LogP) is 4.57. The summed E-state index contributed by atoms with van der Waals surface area (Å²) in [5.41, 5.74) is 12.6. The van der Waals surface area contributed by atoms with Crippen LogP contribution in [-0.4, -0.2) is 10.1 Å². The lowest BCUT2D eigenvalue weighted by Crippen LogP contribution is -2.09. The molecule has 124 valence electrons. The van der Waals surface area contributed by atoms with Gasteiger partial charge in [0.1, 0.15) is 5.75 Å². The smallest absolute Gasteiger partial charge is 0.116 e. The quantitative estimate of drug-likeness (QED) is 0.740. The average Bonchev–Trinajstić information content (AvgIpc) is 2.54. The molecule has 3 N–H and O–H groups in total. The number of fused-ring (bicyclic) bond motifs is 1. The number of rotatable bonds is 4. The Bertz CT molecular complexity index is 867. The van der Waals surface area contributed by atoms with Gasteiger partial charge in [-0.3, -0.25) is 4.98 Å². The van der Waals surface area contributed by atoms with Crippen LogP contribution in [0, 0.1) is 12.8 Å². The van der Waals surface area contributed by atoms with Crippen molar-refractivity contribution in [2.45, 2.75) is 33.7 Å². The number of nitrogens with zero attached hydrogens (tertiary/aromatic N) is 1. The number of nitrogens with two attached hydrogens (primary N) is 1. The predicted molar refractivity (Wildman–Crippen MR) is 100 cm³/mol. The summed E-state index contributed by atoms with van der Waals surface area (Å²) in [7, 11) is 0. The second kappa shape index (κ2) is 6.62. The van der Waals surface area contributed by atoms with E-state index >= 15 is 0 Å². The molecule has 0 fully saturated rings. The number of aromatic nitrogens is 1. The maximum Gasteiger partial charge on any atom is 0.116 e. The van der Waals surface area contributed by atoms with Gasteiger partial charge in [0.05, 0.1) is 5.52 Å². The summed E-state index contributed by atoms with van der Waals surface area (Å²) in [6, 6.07) is 13.8. The average molecular weight is 320 g/mol. The first-order valence-corrected chi connectivity index (χ1v) is 8.41. The third kappa shape index (κ3) is 3.13. The molecule has 3 heteroatoms. The second-order valence-electron chi connectivity index (χ2n) is 6.78. The number of aryl methyl sites for hydroxylation is 1. The molecule has 0 saturated heterocycles. The highest BCUT2D eigenvalue weighted by molar-refractivity contribution is 5.97. The first-order valence-electron chi connectivity index (χ1n) is 8.41. The molecule has 0 saturated carbocycles. The Balaban J connectivity index is 2.36. The number of aromatic hydroxyl groups is 1. The number of benzene rings is 2. The van der Waals surface area contributed by atoms with E-state index in [0.717, 1.165) is 39.7 Å². The molecule has 1 heterocycles. The fourth-order valence-corrected chi connectivity index (χ4v) is 3.17. The largest absolute Gasteiger partial charge is 0.508 e. The molecule has 0 radical (unpaired) electrons. The molecule has 0 aliphatic heterocycles. The molecule has 0 unspecified atom stereocenters. The molecule has 0 aliphatic rings. The highest BCUT2D eigenvalue weighted by atomic mass is 16.3. The molecule has 0 bridgehead atoms. The van der Waals surface area contributed by atoms with Gasteiger partial charge in [0.25, 0.3) is 0 Å². The Morgan fingerprint density at radius 2 is 1.79 bits per heavy atom. The van der Waals surface area contributed by atoms with Gasteiger partial charge in [-0.25, -0.2) is 0 Å². The van der Waals surface area contributed by atoms with Gasteiger partial charge < -0.3 is 10.8 Å². The molecule has 3 nitrogen and oxygen atoms in total. The molecule has 1 aromatic heterocycles. The number of hydrogen-bond donors (Lipinski definition) is 2. The molecule has 2 aromatic carbocycles. The third-order valence-electron chi connectivity index (χ3n) is 4.30. The Hall–Kier alpha value is -2.39. The van der Waals surface area contributed by atoms with E-state index < -0.39 is 0 Å². The van der Waals surface area contributed by atoms with E-state index in [1.165, 1.54) is 5.56 Å². The van der Waals surface area contributed by atoms with Gasteiger partial charge in [-0.05, 0) is 54.2 Å². The van der Waals surface area contributed by atoms with Crippen LogP contribution < -0.4 is 5.73 Å². The minimum atomic E-state index is 0.247. The van der Waals surface area contributed by atoms with Crippen LogP contribution in [0.1, 0.15) is 30.7 Å². The Morgan fingerprint density at radius 1 is 1.08 bits per heavy atom. The number of phenolic OH excluding ortho intramolecular Hbond substituents is 1. The van der Waals surface area contributed by atoms with Crippen molar-refractivity contribution in [1.82, 2.24) is 4.98 Å². The topological polar surface area (TPSA) is 59.1 Å². The van der Waals surface area contributed by atoms with Crippen LogP contribution in [0.25, 0.3) is 22.0 Å². The lowest BCUT2D eigenvalue weighted by molar-refractivity contribution is 0.476. The van der Waals surface area contributed by atoms with Crippen molar-refractivity contribution in [3.8, 4) is 16.9 Å². The normalized spacial score (nSPS) is 11.4. The SMILES string of the molecule is Cc1ccc(-c2c(CN)c(CC(C)C)nc3ccc(O)cc23)cc1. The molecule has 0 spiro atoms. The third-order valence-corrected chi connectivity index (χ3v) is 4.30. The molecule has 3 rings (SSSR count). The Kier molecular flexibility index (Phi) is 4.54. The van der Waals surface area contributed by atoms with Crippen LogP contribution in [0.5, 0.6) is 5.75 Å². The van der Waals surface area contributed by atoms with Gasteiger partial charge in [-0.2, -0.15) is 0 Å². The minimum absolute atomic E-state index is 0.247. The van der Waals surface area contributed by atoms with E-state index in [0.29, 0.717) is 12.5 Å². The van der Waals surface area contributed by atoms with Crippen LogP contribution in [0.4, 0.5) is 0 Å². The highest BCUT2D eigenvalue weighted by Gasteiger charge is 2.17. The van der Waals surface area contributed by atoms with Crippen LogP contribution in [0.2, 0.25) is 0 Å². The number of phenols is 1. The summed E-state index contributed by atoms with van der Waals surface area (Å²) in [4.78, 5) is 4.84. The second-order valence-corrected chi connectivity index (χ2v) is 6.78. The fourth-order valence-electron chi connectivity index (χ4n) is 3.17. The van der Waals surface area contributed by atoms with E-state index in [9.17, 15) is 5.11 Å². The highest BCUT2D eigenvalue weighted by Crippen LogP contribution is 2.35. The van der Waals surface area contributed by atoms with Crippen molar-refractivity contribution in [3.63, 3.8) is 0 Å². The van der Waals surface area contributed by atoms with Crippen molar-refractivity contribution in [1.29, 1.82) is 0 Å². The van der Waals surface area contributed by atoms with Crippen LogP contribution in [-0.2, 0) is 13.0 Å². The molecule has 0 amide bonds. The lowest BCUT2D eigenvalue weighted by Gasteiger charge is -2.18. The van der Waals surface area contributed by atoms with E-state index in [1.54, 1.807) is 12.1 Å². The summed E-state index contributed by atoms with van der Waals surface area (Å²) in [5, 5.41) is 10.9. The van der Waals surface area contributed by atoms with E-state index in [2.05, 4.69) is 45.0 Å². The van der Waals surface area contributed by atoms with Crippen molar-refractivity contribution < 1.29 is 5.11 Å². The number of pyridine rings is 1. The van der Waals surface area contributed by atoms with Crippen molar-refractivity contribution in [2.24, 2.45) is 11.7 Å². The summed E-state index contributed by atoms with van der Waals surface area (Å²) < 4.78 is 0. The molecule has 24 heavy (non-hydrogen) atoms. The first kappa shape index (κ1) is 16.5. The lowest BCUT2D eigenvalue weighted by atomic mass is 9.91. The van der Waals surface area contributed by atoms with Crippen molar-refractivity contribution >= 4 is 10.9 Å². The Morgan fingerprint density at radius 3 is 2.42 bits per heavy atom. The summed E-state index contributed by atoms with van der Waals surface area (Å²) in [6.45, 7) is 6.89. The maximum absolute atomic E-state index is 9.97. The summed E-state index contributed by atoms with van der Waals surface area (Å²) in [6.07, 6.45) is 0.891. The first-order chi connectivity index (χ1) is 11.5. The maximum atomic E-state index is 9.97. The van der Waals surface area contributed by atoms with Gasteiger partial charge in [0.2, 0.25) is 0 Å². The van der Waals surface area contributed by atoms with Crippen molar-refractivity contribution in [3.05, 3.63) is 59.3 Å². The van der Waals surface area contributed by atoms with Gasteiger partial charge in [0, 0.05) is 17.6 Å². The van der Waals surface area contributed by atoms with E-state index in [-0.39, 0.29) is 5.75 Å². The van der Waals surface area contributed by atoms with Gasteiger partial charge in [0.15, 0.2) is 0 Å². The summed E-state index contributed by atoms with van der Waals surface area (Å²) >= 11 is 0. The zero-order valence-electron chi connectivity index (χ0n) is 14.5. The van der Waals surface area contributed by atoms with E-state index in [1.807, 2.05) is 6.07 Å². The molecular weight excluding hydrogens is 296 g/mol. The van der Waals surface area contributed by atoms with Gasteiger partial charge in [-0.1, -0.05) is 43.7 Å². The van der Waals surface area contributed by atoms with Gasteiger partial charge >= 0.3 is 0 Å². The number of hydrogen-bond acceptors (Lipinski definition) is 3. The summed E-state index contributed by atoms with van der Waals surface area (Å²) in [5.74, 6) is 0.750. The zero-order valence-corrected chi connectivity index (χ0v) is 14.5. The zero-order chi connectivity index (χ0) is 17.3. The van der Waals surface area contributed by atoms with Gasteiger partial charge in [-0.15, -0.1) is 0 Å². The monoisotopic (exact) mass is 320 g/mol. The molecule has 3 aromatic rings. The Labute approximate surface area is 143 Å². The minimum Gasteiger partial charge on any atom is -0.508 e. The van der Waals surface area contributed by atoms with E-state index in [4.69, 9.17) is 10.7 Å².